The van der Waals surface area contributed by atoms with Gasteiger partial charge in [-0.05, 0) is 38.4 Å². The standard InChI is InChI=1S/C14H26N4/c1-3-14(4-2)13-17(9-5-7-15-14)11-12-18-10-6-8-16-18/h6,8,10,15H,3-5,7,9,11-13H2,1-2H3. The molecule has 0 amide bonds. The first kappa shape index (κ1) is 13.6. The zero-order chi connectivity index (χ0) is 12.8. The van der Waals surface area contributed by atoms with E-state index in [2.05, 4.69) is 29.2 Å². The van der Waals surface area contributed by atoms with E-state index in [9.17, 15) is 0 Å². The molecule has 1 aromatic heterocycles. The highest BCUT2D eigenvalue weighted by Crippen LogP contribution is 2.19. The first-order chi connectivity index (χ1) is 8.78. The van der Waals surface area contributed by atoms with E-state index in [0.29, 0.717) is 5.54 Å². The Morgan fingerprint density at radius 3 is 2.78 bits per heavy atom. The molecule has 4 heteroatoms. The number of rotatable bonds is 5. The molecular weight excluding hydrogens is 224 g/mol. The van der Waals surface area contributed by atoms with Gasteiger partial charge in [-0.3, -0.25) is 9.58 Å². The maximum Gasteiger partial charge on any atom is 0.0536 e. The highest BCUT2D eigenvalue weighted by atomic mass is 15.3. The van der Waals surface area contributed by atoms with Crippen LogP contribution in [0.1, 0.15) is 33.1 Å². The summed E-state index contributed by atoms with van der Waals surface area (Å²) in [6.45, 7) is 10.2. The summed E-state index contributed by atoms with van der Waals surface area (Å²) in [7, 11) is 0. The Balaban J connectivity index is 1.90. The third kappa shape index (κ3) is 3.33. The van der Waals surface area contributed by atoms with Gasteiger partial charge in [0.15, 0.2) is 0 Å². The Morgan fingerprint density at radius 1 is 1.28 bits per heavy atom. The average Bonchev–Trinajstić information content (AvgIpc) is 2.83. The average molecular weight is 250 g/mol. The monoisotopic (exact) mass is 250 g/mol. The Morgan fingerprint density at radius 2 is 2.11 bits per heavy atom. The fourth-order valence-corrected chi connectivity index (χ4v) is 2.81. The van der Waals surface area contributed by atoms with Gasteiger partial charge in [-0.2, -0.15) is 5.10 Å². The third-order valence-electron chi connectivity index (χ3n) is 4.24. The molecule has 4 nitrogen and oxygen atoms in total. The van der Waals surface area contributed by atoms with Crippen molar-refractivity contribution in [3.63, 3.8) is 0 Å². The molecule has 1 aromatic rings. The van der Waals surface area contributed by atoms with Crippen molar-refractivity contribution < 1.29 is 0 Å². The molecule has 1 N–H and O–H groups in total. The molecule has 2 rings (SSSR count). The molecule has 0 unspecified atom stereocenters. The summed E-state index contributed by atoms with van der Waals surface area (Å²) in [4.78, 5) is 2.59. The second-order valence-corrected chi connectivity index (χ2v) is 5.31. The minimum absolute atomic E-state index is 0.320. The fraction of sp³-hybridized carbons (Fsp3) is 0.786. The van der Waals surface area contributed by atoms with Gasteiger partial charge < -0.3 is 5.32 Å². The molecular formula is C14H26N4. The Labute approximate surface area is 110 Å². The van der Waals surface area contributed by atoms with Crippen LogP contribution in [0.4, 0.5) is 0 Å². The van der Waals surface area contributed by atoms with Crippen LogP contribution in [0.2, 0.25) is 0 Å². The van der Waals surface area contributed by atoms with Crippen LogP contribution >= 0.6 is 0 Å². The second kappa shape index (κ2) is 6.34. The minimum Gasteiger partial charge on any atom is -0.310 e. The van der Waals surface area contributed by atoms with Crippen LogP contribution in [0, 0.1) is 0 Å². The predicted octanol–water partition coefficient (Wildman–Crippen LogP) is 1.74. The molecule has 0 spiro atoms. The van der Waals surface area contributed by atoms with Crippen molar-refractivity contribution in [3.8, 4) is 0 Å². The molecule has 0 atom stereocenters. The van der Waals surface area contributed by atoms with Crippen LogP contribution in [0.15, 0.2) is 18.5 Å². The maximum atomic E-state index is 4.28. The molecule has 2 heterocycles. The van der Waals surface area contributed by atoms with Gasteiger partial charge >= 0.3 is 0 Å². The lowest BCUT2D eigenvalue weighted by molar-refractivity contribution is 0.190. The maximum absolute atomic E-state index is 4.28. The van der Waals surface area contributed by atoms with E-state index < -0.39 is 0 Å². The zero-order valence-electron chi connectivity index (χ0n) is 11.7. The number of hydrogen-bond donors (Lipinski definition) is 1. The smallest absolute Gasteiger partial charge is 0.0536 e. The molecule has 1 aliphatic rings. The van der Waals surface area contributed by atoms with Crippen LogP contribution < -0.4 is 5.32 Å². The molecule has 0 saturated carbocycles. The minimum atomic E-state index is 0.320. The zero-order valence-corrected chi connectivity index (χ0v) is 11.7. The summed E-state index contributed by atoms with van der Waals surface area (Å²) in [6, 6.07) is 1.99. The summed E-state index contributed by atoms with van der Waals surface area (Å²) < 4.78 is 2.03. The van der Waals surface area contributed by atoms with Crippen molar-refractivity contribution in [2.45, 2.75) is 45.2 Å². The van der Waals surface area contributed by atoms with Crippen LogP contribution in [0.3, 0.4) is 0 Å². The van der Waals surface area contributed by atoms with Crippen molar-refractivity contribution in [3.05, 3.63) is 18.5 Å². The van der Waals surface area contributed by atoms with E-state index in [1.165, 1.54) is 32.4 Å². The normalized spacial score (nSPS) is 20.8. The highest BCUT2D eigenvalue weighted by Gasteiger charge is 2.29. The molecule has 0 aliphatic carbocycles. The van der Waals surface area contributed by atoms with E-state index in [4.69, 9.17) is 0 Å². The topological polar surface area (TPSA) is 33.1 Å². The molecule has 0 radical (unpaired) electrons. The molecule has 1 saturated heterocycles. The summed E-state index contributed by atoms with van der Waals surface area (Å²) in [6.07, 6.45) is 7.57. The van der Waals surface area contributed by atoms with Crippen molar-refractivity contribution in [2.75, 3.05) is 26.2 Å². The number of nitrogens with one attached hydrogen (secondary N) is 1. The van der Waals surface area contributed by atoms with E-state index in [0.717, 1.165) is 19.6 Å². The Hall–Kier alpha value is -0.870. The lowest BCUT2D eigenvalue weighted by Gasteiger charge is -2.35. The van der Waals surface area contributed by atoms with Crippen LogP contribution in [-0.4, -0.2) is 46.4 Å². The van der Waals surface area contributed by atoms with Gasteiger partial charge in [0.25, 0.3) is 0 Å². The molecule has 102 valence electrons. The molecule has 1 aliphatic heterocycles. The van der Waals surface area contributed by atoms with Crippen molar-refractivity contribution in [1.82, 2.24) is 20.0 Å². The highest BCUT2D eigenvalue weighted by molar-refractivity contribution is 4.91. The summed E-state index contributed by atoms with van der Waals surface area (Å²) in [5, 5.41) is 8.03. The lowest BCUT2D eigenvalue weighted by atomic mass is 9.92. The number of aromatic nitrogens is 2. The molecule has 18 heavy (non-hydrogen) atoms. The van der Waals surface area contributed by atoms with Gasteiger partial charge in [-0.25, -0.2) is 0 Å². The van der Waals surface area contributed by atoms with E-state index in [1.807, 2.05) is 23.1 Å². The van der Waals surface area contributed by atoms with Crippen molar-refractivity contribution in [1.29, 1.82) is 0 Å². The van der Waals surface area contributed by atoms with Crippen molar-refractivity contribution in [2.24, 2.45) is 0 Å². The van der Waals surface area contributed by atoms with E-state index >= 15 is 0 Å². The van der Waals surface area contributed by atoms with Crippen LogP contribution in [-0.2, 0) is 6.54 Å². The fourth-order valence-electron chi connectivity index (χ4n) is 2.81. The van der Waals surface area contributed by atoms with Gasteiger partial charge in [0.2, 0.25) is 0 Å². The van der Waals surface area contributed by atoms with Gasteiger partial charge in [0.1, 0.15) is 0 Å². The van der Waals surface area contributed by atoms with E-state index in [1.54, 1.807) is 0 Å². The van der Waals surface area contributed by atoms with Gasteiger partial charge in [-0.1, -0.05) is 13.8 Å². The Kier molecular flexibility index (Phi) is 4.78. The number of hydrogen-bond acceptors (Lipinski definition) is 3. The Bertz CT molecular complexity index is 330. The summed E-state index contributed by atoms with van der Waals surface area (Å²) >= 11 is 0. The SMILES string of the molecule is CCC1(CC)CN(CCn2cccn2)CCCN1. The molecule has 0 aromatic carbocycles. The lowest BCUT2D eigenvalue weighted by Crippen LogP contribution is -2.51. The van der Waals surface area contributed by atoms with Gasteiger partial charge in [-0.15, -0.1) is 0 Å². The van der Waals surface area contributed by atoms with E-state index in [-0.39, 0.29) is 0 Å². The van der Waals surface area contributed by atoms with Crippen LogP contribution in [0.5, 0.6) is 0 Å². The van der Waals surface area contributed by atoms with Crippen molar-refractivity contribution >= 4 is 0 Å². The van der Waals surface area contributed by atoms with Crippen LogP contribution in [0.25, 0.3) is 0 Å². The second-order valence-electron chi connectivity index (χ2n) is 5.31. The third-order valence-corrected chi connectivity index (χ3v) is 4.24. The first-order valence-corrected chi connectivity index (χ1v) is 7.23. The summed E-state index contributed by atoms with van der Waals surface area (Å²) in [5.74, 6) is 0. The first-order valence-electron chi connectivity index (χ1n) is 7.23. The molecule has 0 bridgehead atoms. The van der Waals surface area contributed by atoms with Gasteiger partial charge in [0, 0.05) is 31.0 Å². The summed E-state index contributed by atoms with van der Waals surface area (Å²) in [5.41, 5.74) is 0.320. The molecule has 1 fully saturated rings. The quantitative estimate of drug-likeness (QED) is 0.864. The predicted molar refractivity (Wildman–Crippen MR) is 74.6 cm³/mol. The van der Waals surface area contributed by atoms with Gasteiger partial charge in [0.05, 0.1) is 6.54 Å². The number of nitrogens with zero attached hydrogens (tertiary/aromatic N) is 3. The largest absolute Gasteiger partial charge is 0.310 e.